The van der Waals surface area contributed by atoms with Crippen LogP contribution in [0.5, 0.6) is 5.75 Å². The minimum absolute atomic E-state index is 0.385. The van der Waals surface area contributed by atoms with Gasteiger partial charge in [0.2, 0.25) is 0 Å². The lowest BCUT2D eigenvalue weighted by atomic mass is 10.1. The number of nitrogens with zero attached hydrogens (tertiary/aromatic N) is 3. The summed E-state index contributed by atoms with van der Waals surface area (Å²) >= 11 is 9.91. The number of aromatic nitrogens is 3. The second kappa shape index (κ2) is 8.05. The minimum atomic E-state index is 0.385. The molecule has 2 aromatic carbocycles. The van der Waals surface area contributed by atoms with E-state index in [1.807, 2.05) is 48.9 Å². The maximum absolute atomic E-state index is 6.35. The first-order chi connectivity index (χ1) is 14.0. The summed E-state index contributed by atoms with van der Waals surface area (Å²) in [6.45, 7) is 4.62. The van der Waals surface area contributed by atoms with Crippen molar-refractivity contribution in [1.29, 1.82) is 0 Å². The number of pyridine rings is 1. The zero-order chi connectivity index (χ0) is 20.5. The van der Waals surface area contributed by atoms with Crippen molar-refractivity contribution < 1.29 is 4.74 Å². The maximum Gasteiger partial charge on any atom is 0.163 e. The van der Waals surface area contributed by atoms with Crippen molar-refractivity contribution in [2.75, 3.05) is 5.32 Å². The molecular weight excluding hydrogens is 452 g/mol. The molecule has 4 rings (SSSR count). The summed E-state index contributed by atoms with van der Waals surface area (Å²) in [5, 5.41) is 3.90. The van der Waals surface area contributed by atoms with Gasteiger partial charge in [-0.25, -0.2) is 9.97 Å². The van der Waals surface area contributed by atoms with Gasteiger partial charge in [0, 0.05) is 18.3 Å². The zero-order valence-corrected chi connectivity index (χ0v) is 18.7. The van der Waals surface area contributed by atoms with Crippen molar-refractivity contribution in [3.05, 3.63) is 75.1 Å². The molecule has 0 amide bonds. The number of hydrogen-bond donors (Lipinski definition) is 1. The van der Waals surface area contributed by atoms with Crippen LogP contribution in [0.3, 0.4) is 0 Å². The van der Waals surface area contributed by atoms with Crippen molar-refractivity contribution in [2.45, 2.75) is 20.5 Å². The second-order valence-electron chi connectivity index (χ2n) is 6.90. The van der Waals surface area contributed by atoms with Crippen LogP contribution in [0.15, 0.2) is 53.3 Å². The van der Waals surface area contributed by atoms with Crippen molar-refractivity contribution in [3.63, 3.8) is 0 Å². The van der Waals surface area contributed by atoms with E-state index in [0.29, 0.717) is 21.9 Å². The number of rotatable bonds is 5. The number of ether oxygens (including phenoxy) is 1. The third-order valence-corrected chi connectivity index (χ3v) is 6.13. The molecule has 0 radical (unpaired) electrons. The number of fused-ring (bicyclic) bond motifs is 1. The van der Waals surface area contributed by atoms with Gasteiger partial charge in [-0.1, -0.05) is 48.0 Å². The van der Waals surface area contributed by atoms with E-state index >= 15 is 0 Å². The van der Waals surface area contributed by atoms with Crippen molar-refractivity contribution in [2.24, 2.45) is 7.05 Å². The largest absolute Gasteiger partial charge is 0.489 e. The van der Waals surface area contributed by atoms with E-state index in [1.165, 1.54) is 0 Å². The van der Waals surface area contributed by atoms with Crippen molar-refractivity contribution >= 4 is 50.1 Å². The molecule has 29 heavy (non-hydrogen) atoms. The molecule has 0 bridgehead atoms. The summed E-state index contributed by atoms with van der Waals surface area (Å²) in [5.41, 5.74) is 6.45. The molecule has 0 unspecified atom stereocenters. The second-order valence-corrected chi connectivity index (χ2v) is 8.05. The van der Waals surface area contributed by atoms with Crippen molar-refractivity contribution in [1.82, 2.24) is 14.5 Å². The summed E-state index contributed by atoms with van der Waals surface area (Å²) in [7, 11) is 1.89. The van der Waals surface area contributed by atoms with Gasteiger partial charge in [0.1, 0.15) is 23.0 Å². The Hall–Kier alpha value is -2.57. The molecule has 5 nitrogen and oxygen atoms in total. The standard InChI is InChI=1S/C22H20BrClN4O/c1-13-9-10-16(29-11-15-7-5-4-6-8-15)14(2)18(13)26-19-17(23)21(24)27-22-20(19)25-12-28(22)3/h4-10,12H,11H2,1-3H3,(H,26,27). The number of benzene rings is 2. The molecule has 0 atom stereocenters. The van der Waals surface area contributed by atoms with Gasteiger partial charge in [-0.3, -0.25) is 0 Å². The Morgan fingerprint density at radius 3 is 2.62 bits per heavy atom. The fourth-order valence-electron chi connectivity index (χ4n) is 3.23. The molecule has 7 heteroatoms. The molecule has 0 saturated heterocycles. The highest BCUT2D eigenvalue weighted by atomic mass is 79.9. The van der Waals surface area contributed by atoms with E-state index in [4.69, 9.17) is 16.3 Å². The number of nitrogens with one attached hydrogen (secondary N) is 1. The normalized spacial score (nSPS) is 11.1. The molecule has 0 aliphatic heterocycles. The van der Waals surface area contributed by atoms with E-state index in [2.05, 4.69) is 50.3 Å². The highest BCUT2D eigenvalue weighted by Crippen LogP contribution is 2.39. The highest BCUT2D eigenvalue weighted by molar-refractivity contribution is 9.10. The average molecular weight is 472 g/mol. The van der Waals surface area contributed by atoms with Crippen LogP contribution in [0.25, 0.3) is 11.2 Å². The third kappa shape index (κ3) is 3.82. The smallest absolute Gasteiger partial charge is 0.163 e. The molecule has 1 N–H and O–H groups in total. The van der Waals surface area contributed by atoms with Gasteiger partial charge in [0.15, 0.2) is 5.65 Å². The van der Waals surface area contributed by atoms with Crippen LogP contribution in [-0.2, 0) is 13.7 Å². The van der Waals surface area contributed by atoms with E-state index in [0.717, 1.165) is 39.3 Å². The summed E-state index contributed by atoms with van der Waals surface area (Å²) < 4.78 is 8.62. The number of halogens is 2. The molecule has 0 spiro atoms. The molecule has 2 aromatic heterocycles. The van der Waals surface area contributed by atoms with Gasteiger partial charge in [-0.05, 0) is 47.0 Å². The van der Waals surface area contributed by atoms with Crippen LogP contribution in [-0.4, -0.2) is 14.5 Å². The Bertz CT molecular complexity index is 1190. The number of aryl methyl sites for hydroxylation is 2. The van der Waals surface area contributed by atoms with Crippen LogP contribution in [0.4, 0.5) is 11.4 Å². The van der Waals surface area contributed by atoms with E-state index in [1.54, 1.807) is 6.33 Å². The Morgan fingerprint density at radius 1 is 1.10 bits per heavy atom. The third-order valence-electron chi connectivity index (χ3n) is 4.86. The first-order valence-electron chi connectivity index (χ1n) is 9.15. The number of hydrogen-bond acceptors (Lipinski definition) is 4. The average Bonchev–Trinajstić information content (AvgIpc) is 3.08. The van der Waals surface area contributed by atoms with Crippen LogP contribution in [0.2, 0.25) is 5.15 Å². The van der Waals surface area contributed by atoms with Crippen LogP contribution in [0, 0.1) is 13.8 Å². The molecule has 0 aliphatic rings. The Balaban J connectivity index is 1.71. The highest BCUT2D eigenvalue weighted by Gasteiger charge is 2.18. The first-order valence-corrected chi connectivity index (χ1v) is 10.3. The van der Waals surface area contributed by atoms with Crippen LogP contribution >= 0.6 is 27.5 Å². The quantitative estimate of drug-likeness (QED) is 0.346. The van der Waals surface area contributed by atoms with E-state index < -0.39 is 0 Å². The molecule has 0 fully saturated rings. The van der Waals surface area contributed by atoms with Gasteiger partial charge in [-0.15, -0.1) is 0 Å². The first kappa shape index (κ1) is 19.7. The van der Waals surface area contributed by atoms with Gasteiger partial charge in [0.25, 0.3) is 0 Å². The molecule has 148 valence electrons. The monoisotopic (exact) mass is 470 g/mol. The van der Waals surface area contributed by atoms with Crippen LogP contribution < -0.4 is 10.1 Å². The molecule has 0 aliphatic carbocycles. The molecule has 2 heterocycles. The Kier molecular flexibility index (Phi) is 5.48. The Morgan fingerprint density at radius 2 is 1.86 bits per heavy atom. The lowest BCUT2D eigenvalue weighted by molar-refractivity contribution is 0.304. The summed E-state index contributed by atoms with van der Waals surface area (Å²) in [4.78, 5) is 8.91. The van der Waals surface area contributed by atoms with E-state index in [9.17, 15) is 0 Å². The van der Waals surface area contributed by atoms with Gasteiger partial charge >= 0.3 is 0 Å². The molecule has 0 saturated carbocycles. The zero-order valence-electron chi connectivity index (χ0n) is 16.3. The summed E-state index contributed by atoms with van der Waals surface area (Å²) in [6.07, 6.45) is 1.73. The topological polar surface area (TPSA) is 52.0 Å². The predicted octanol–water partition coefficient (Wildman–Crippen LogP) is 6.32. The minimum Gasteiger partial charge on any atom is -0.489 e. The van der Waals surface area contributed by atoms with Crippen molar-refractivity contribution in [3.8, 4) is 5.75 Å². The number of imidazole rings is 1. The molecule has 4 aromatic rings. The summed E-state index contributed by atoms with van der Waals surface area (Å²) in [6, 6.07) is 14.2. The lowest BCUT2D eigenvalue weighted by Gasteiger charge is -2.18. The number of anilines is 2. The maximum atomic E-state index is 6.35. The summed E-state index contributed by atoms with van der Waals surface area (Å²) in [5.74, 6) is 0.829. The van der Waals surface area contributed by atoms with Gasteiger partial charge in [0.05, 0.1) is 16.5 Å². The fourth-order valence-corrected chi connectivity index (χ4v) is 3.78. The van der Waals surface area contributed by atoms with Gasteiger partial charge < -0.3 is 14.6 Å². The van der Waals surface area contributed by atoms with Gasteiger partial charge in [-0.2, -0.15) is 0 Å². The Labute approximate surface area is 182 Å². The van der Waals surface area contributed by atoms with Crippen LogP contribution in [0.1, 0.15) is 16.7 Å². The van der Waals surface area contributed by atoms with E-state index in [-0.39, 0.29) is 0 Å². The molecular formula is C22H20BrClN4O. The fraction of sp³-hybridized carbons (Fsp3) is 0.182. The predicted molar refractivity (Wildman–Crippen MR) is 121 cm³/mol. The lowest BCUT2D eigenvalue weighted by Crippen LogP contribution is -2.03. The SMILES string of the molecule is Cc1ccc(OCc2ccccc2)c(C)c1Nc1c(Br)c(Cl)nc2c1ncn2C.